The Labute approximate surface area is 361 Å². The molecule has 0 aliphatic heterocycles. The van der Waals surface area contributed by atoms with E-state index in [2.05, 4.69) is 15.0 Å². The van der Waals surface area contributed by atoms with Crippen molar-refractivity contribution in [3.8, 4) is 39.8 Å². The number of fused-ring (bicyclic) bond motifs is 9. The van der Waals surface area contributed by atoms with Gasteiger partial charge >= 0.3 is 0 Å². The summed E-state index contributed by atoms with van der Waals surface area (Å²) in [5, 5.41) is -1.06. The quantitative estimate of drug-likeness (QED) is 0.175. The maximum atomic E-state index is 10.0. The molecule has 0 aliphatic carbocycles. The molecule has 57 heavy (non-hydrogen) atoms. The van der Waals surface area contributed by atoms with Gasteiger partial charge in [0.1, 0.15) is 5.82 Å². The molecule has 0 spiro atoms. The van der Waals surface area contributed by atoms with E-state index in [1.807, 2.05) is 0 Å². The van der Waals surface area contributed by atoms with E-state index in [1.165, 1.54) is 36.9 Å². The van der Waals surface area contributed by atoms with Crippen LogP contribution in [0, 0.1) is 0 Å². The molecular weight excluding hydrogens is 699 g/mol. The lowest BCUT2D eigenvalue weighted by Gasteiger charge is -2.20. The molecule has 0 saturated heterocycles. The van der Waals surface area contributed by atoms with Crippen molar-refractivity contribution < 1.29 is 34.3 Å². The van der Waals surface area contributed by atoms with E-state index in [-0.39, 0.29) is 43.6 Å². The van der Waals surface area contributed by atoms with Gasteiger partial charge in [-0.1, -0.05) is 109 Å². The molecule has 0 N–H and O–H groups in total. The van der Waals surface area contributed by atoms with Crippen LogP contribution in [-0.4, -0.2) is 33.6 Å². The van der Waals surface area contributed by atoms with Gasteiger partial charge in [0.15, 0.2) is 5.82 Å². The molecule has 6 heterocycles. The Balaban J connectivity index is 1.42. The number of aromatic nitrogens is 7. The van der Waals surface area contributed by atoms with Gasteiger partial charge in [0.05, 0.1) is 96.8 Å². The first-order valence-corrected chi connectivity index (χ1v) is 17.0. The van der Waals surface area contributed by atoms with Crippen molar-refractivity contribution in [1.82, 2.24) is 33.6 Å². The molecule has 0 atom stereocenters. The van der Waals surface area contributed by atoms with Gasteiger partial charge in [-0.2, -0.15) is 0 Å². The van der Waals surface area contributed by atoms with Crippen LogP contribution in [-0.2, 0) is 0 Å². The molecule has 0 unspecified atom stereocenters. The Bertz CT molecular complexity index is 4900. The first-order valence-electron chi connectivity index (χ1n) is 29.5. The number of pyridine rings is 2. The number of nitrogens with zero attached hydrogens (tertiary/aromatic N) is 7. The maximum absolute atomic E-state index is 10.0. The van der Waals surface area contributed by atoms with Crippen LogP contribution < -0.4 is 0 Å². The van der Waals surface area contributed by atoms with Crippen LogP contribution in [0.15, 0.2) is 188 Å². The summed E-state index contributed by atoms with van der Waals surface area (Å²) in [6, 6.07) is -17.9. The van der Waals surface area contributed by atoms with Crippen LogP contribution in [0.4, 0.5) is 0 Å². The van der Waals surface area contributed by atoms with Gasteiger partial charge in [-0.25, -0.2) is 9.97 Å². The second-order valence-corrected chi connectivity index (χ2v) is 12.5. The molecule has 0 bridgehead atoms. The summed E-state index contributed by atoms with van der Waals surface area (Å²) in [5.74, 6) is -1.77. The van der Waals surface area contributed by atoms with Crippen LogP contribution in [0.1, 0.15) is 34.3 Å². The molecule has 0 fully saturated rings. The van der Waals surface area contributed by atoms with Crippen LogP contribution >= 0.6 is 0 Å². The minimum absolute atomic E-state index is 0.0420. The largest absolute Gasteiger partial charge is 0.306 e. The SMILES string of the molecule is [2H]c1c(-c2c([2H])c([2H])c([2H])c([2H])c2[2H])nc(-c2c([2H])c([2H])c([2H])c(-n3c4cnccc4c4c([2H])c([2H])c([2H])c([2H])c43)c2-n2c3cnccc3c3c([2H])c([2H])c([2H])c([2H])c32)nc1-n1c2c([2H])c([2H])c([2H])c([2H])c2c2c([2H])c([2H])c([2H])c([2H])c21. The zero-order valence-electron chi connectivity index (χ0n) is 53.6. The summed E-state index contributed by atoms with van der Waals surface area (Å²) in [5.41, 5.74) is -5.57. The van der Waals surface area contributed by atoms with E-state index in [1.54, 1.807) is 0 Å². The Morgan fingerprint density at radius 2 is 0.930 bits per heavy atom. The highest BCUT2D eigenvalue weighted by Crippen LogP contribution is 2.42. The van der Waals surface area contributed by atoms with E-state index in [0.717, 1.165) is 13.7 Å². The van der Waals surface area contributed by atoms with Crippen LogP contribution in [0.25, 0.3) is 105 Å². The first kappa shape index (κ1) is 15.7. The van der Waals surface area contributed by atoms with Crippen molar-refractivity contribution in [2.24, 2.45) is 0 Å². The molecule has 6 aromatic heterocycles. The normalized spacial score (nSPS) is 18.0. The highest BCUT2D eigenvalue weighted by Gasteiger charge is 2.25. The smallest absolute Gasteiger partial charge is 0.164 e. The number of hydrogen-bond donors (Lipinski definition) is 0. The Kier molecular flexibility index (Phi) is 3.39. The molecule has 12 aromatic rings. The Hall–Kier alpha value is -7.90. The van der Waals surface area contributed by atoms with Crippen LogP contribution in [0.5, 0.6) is 0 Å². The summed E-state index contributed by atoms with van der Waals surface area (Å²) in [7, 11) is 0. The monoisotopic (exact) mass is 754 g/mol. The van der Waals surface area contributed by atoms with E-state index in [4.69, 9.17) is 22.8 Å². The molecule has 12 rings (SSSR count). The van der Waals surface area contributed by atoms with Gasteiger partial charge in [-0.05, 0) is 48.4 Å². The van der Waals surface area contributed by atoms with Crippen molar-refractivity contribution >= 4 is 65.4 Å². The summed E-state index contributed by atoms with van der Waals surface area (Å²) in [6.07, 6.45) is 5.11. The molecule has 7 nitrogen and oxygen atoms in total. The van der Waals surface area contributed by atoms with Gasteiger partial charge in [0.2, 0.25) is 0 Å². The van der Waals surface area contributed by atoms with Gasteiger partial charge < -0.3 is 9.13 Å². The van der Waals surface area contributed by atoms with Gasteiger partial charge in [0.25, 0.3) is 0 Å². The van der Waals surface area contributed by atoms with Crippen molar-refractivity contribution in [2.45, 2.75) is 0 Å². The van der Waals surface area contributed by atoms with Gasteiger partial charge in [0, 0.05) is 61.9 Å². The summed E-state index contributed by atoms with van der Waals surface area (Å²) in [4.78, 5) is 18.1. The van der Waals surface area contributed by atoms with Gasteiger partial charge in [-0.3, -0.25) is 14.5 Å². The lowest BCUT2D eigenvalue weighted by Crippen LogP contribution is -2.08. The predicted molar refractivity (Wildman–Crippen MR) is 232 cm³/mol. The summed E-state index contributed by atoms with van der Waals surface area (Å²) < 4.78 is 231. The molecular formula is C50H31N7. The standard InChI is InChI=1S/C50H31N7/c1-2-13-32(14-3-1)40-29-48(56-42-21-9-5-15-33(42)34-16-6-10-22-43(34)56)54-50(53-40)39-19-12-24-45(55-41-20-8-4-17-35(41)37-25-27-51-30-46(37)55)49(39)57-44-23-11-7-18-36(44)38-26-28-52-31-47(38)57/h1-31H/i1D,2D,3D,4D,5D,6D,7D,8D,9D,10D,11D,12D,13D,14D,15D,16D,17D,18D,19D,20D,21D,22D,23D,24D,29D. The number of hydrogen-bond acceptors (Lipinski definition) is 4. The number of rotatable bonds is 5. The highest BCUT2D eigenvalue weighted by molar-refractivity contribution is 6.12. The lowest BCUT2D eigenvalue weighted by molar-refractivity contribution is 1.03. The minimum Gasteiger partial charge on any atom is -0.306 e. The average molecular weight is 755 g/mol. The molecule has 0 radical (unpaired) electrons. The summed E-state index contributed by atoms with van der Waals surface area (Å²) >= 11 is 0. The number of para-hydroxylation sites is 5. The Morgan fingerprint density at radius 1 is 0.421 bits per heavy atom. The fourth-order valence-corrected chi connectivity index (χ4v) is 7.26. The zero-order chi connectivity index (χ0) is 59.2. The van der Waals surface area contributed by atoms with Gasteiger partial charge in [-0.15, -0.1) is 0 Å². The Morgan fingerprint density at radius 3 is 1.54 bits per heavy atom. The molecule has 0 saturated carbocycles. The second-order valence-electron chi connectivity index (χ2n) is 12.5. The second kappa shape index (κ2) is 12.3. The third-order valence-corrected chi connectivity index (χ3v) is 9.54. The third kappa shape index (κ3) is 4.66. The maximum Gasteiger partial charge on any atom is 0.164 e. The highest BCUT2D eigenvalue weighted by atomic mass is 15.1. The minimum atomic E-state index is -1.00. The van der Waals surface area contributed by atoms with E-state index < -0.39 is 213 Å². The number of benzene rings is 6. The van der Waals surface area contributed by atoms with E-state index in [0.29, 0.717) is 0 Å². The van der Waals surface area contributed by atoms with Crippen LogP contribution in [0.3, 0.4) is 0 Å². The molecule has 266 valence electrons. The zero-order valence-corrected chi connectivity index (χ0v) is 28.6. The summed E-state index contributed by atoms with van der Waals surface area (Å²) in [6.45, 7) is 0. The topological polar surface area (TPSA) is 66.3 Å². The van der Waals surface area contributed by atoms with Crippen molar-refractivity contribution in [2.75, 3.05) is 0 Å². The molecule has 0 amide bonds. The van der Waals surface area contributed by atoms with E-state index in [9.17, 15) is 16.4 Å². The molecule has 7 heteroatoms. The lowest BCUT2D eigenvalue weighted by atomic mass is 10.1. The fourth-order valence-electron chi connectivity index (χ4n) is 7.26. The van der Waals surface area contributed by atoms with E-state index >= 15 is 0 Å². The average Bonchev–Trinajstić information content (AvgIpc) is 4.19. The molecule has 0 aliphatic rings. The van der Waals surface area contributed by atoms with Crippen molar-refractivity contribution in [1.29, 1.82) is 0 Å². The third-order valence-electron chi connectivity index (χ3n) is 9.54. The molecule has 6 aromatic carbocycles. The first-order chi connectivity index (χ1) is 38.7. The van der Waals surface area contributed by atoms with Crippen LogP contribution in [0.2, 0.25) is 0 Å². The predicted octanol–water partition coefficient (Wildman–Crippen LogP) is 11.9. The van der Waals surface area contributed by atoms with Crippen molar-refractivity contribution in [3.05, 3.63) is 188 Å². The fraction of sp³-hybridized carbons (Fsp3) is 0. The van der Waals surface area contributed by atoms with Crippen molar-refractivity contribution in [3.63, 3.8) is 0 Å².